The summed E-state index contributed by atoms with van der Waals surface area (Å²) in [5.41, 5.74) is 1.37. The second-order valence-electron chi connectivity index (χ2n) is 4.05. The highest BCUT2D eigenvalue weighted by atomic mass is 35.5. The SMILES string of the molecule is CCCn1ncc(Cl)c1C(O)c1ccc(Cl)cc1. The highest BCUT2D eigenvalue weighted by molar-refractivity contribution is 6.31. The summed E-state index contributed by atoms with van der Waals surface area (Å²) in [6, 6.07) is 7.06. The molecule has 1 aromatic carbocycles. The lowest BCUT2D eigenvalue weighted by Gasteiger charge is -2.14. The van der Waals surface area contributed by atoms with Crippen molar-refractivity contribution in [2.75, 3.05) is 0 Å². The van der Waals surface area contributed by atoms with Gasteiger partial charge >= 0.3 is 0 Å². The van der Waals surface area contributed by atoms with Crippen LogP contribution in [0.5, 0.6) is 0 Å². The maximum Gasteiger partial charge on any atom is 0.122 e. The number of aryl methyl sites for hydroxylation is 1. The third-order valence-electron chi connectivity index (χ3n) is 2.71. The molecule has 1 atom stereocenters. The van der Waals surface area contributed by atoms with Crippen molar-refractivity contribution in [1.82, 2.24) is 9.78 Å². The van der Waals surface area contributed by atoms with Crippen molar-refractivity contribution in [3.05, 3.63) is 51.8 Å². The van der Waals surface area contributed by atoms with E-state index in [1.165, 1.54) is 0 Å². The van der Waals surface area contributed by atoms with Crippen molar-refractivity contribution in [3.63, 3.8) is 0 Å². The third-order valence-corrected chi connectivity index (χ3v) is 3.26. The summed E-state index contributed by atoms with van der Waals surface area (Å²) < 4.78 is 1.74. The molecule has 96 valence electrons. The Labute approximate surface area is 116 Å². The van der Waals surface area contributed by atoms with Gasteiger partial charge in [0, 0.05) is 11.6 Å². The van der Waals surface area contributed by atoms with Crippen LogP contribution in [-0.2, 0) is 6.54 Å². The average Bonchev–Trinajstić information content (AvgIpc) is 2.71. The Bertz CT molecular complexity index is 522. The fraction of sp³-hybridized carbons (Fsp3) is 0.308. The van der Waals surface area contributed by atoms with Crippen molar-refractivity contribution >= 4 is 23.2 Å². The van der Waals surface area contributed by atoms with E-state index in [0.717, 1.165) is 18.5 Å². The van der Waals surface area contributed by atoms with Crippen LogP contribution in [0.4, 0.5) is 0 Å². The molecule has 1 unspecified atom stereocenters. The van der Waals surface area contributed by atoms with E-state index in [0.29, 0.717) is 15.7 Å². The van der Waals surface area contributed by atoms with Crippen molar-refractivity contribution in [3.8, 4) is 0 Å². The molecule has 0 aliphatic carbocycles. The highest BCUT2D eigenvalue weighted by Crippen LogP contribution is 2.28. The topological polar surface area (TPSA) is 38.0 Å². The maximum atomic E-state index is 10.4. The molecule has 18 heavy (non-hydrogen) atoms. The van der Waals surface area contributed by atoms with Crippen LogP contribution >= 0.6 is 23.2 Å². The lowest BCUT2D eigenvalue weighted by molar-refractivity contribution is 0.207. The predicted octanol–water partition coefficient (Wildman–Crippen LogP) is 3.68. The summed E-state index contributed by atoms with van der Waals surface area (Å²) in [5, 5.41) is 15.7. The highest BCUT2D eigenvalue weighted by Gasteiger charge is 2.19. The normalized spacial score (nSPS) is 12.7. The Morgan fingerprint density at radius 2 is 1.94 bits per heavy atom. The fourth-order valence-electron chi connectivity index (χ4n) is 1.84. The number of aromatic nitrogens is 2. The molecule has 2 aromatic rings. The molecule has 1 aromatic heterocycles. The van der Waals surface area contributed by atoms with Gasteiger partial charge in [0.25, 0.3) is 0 Å². The van der Waals surface area contributed by atoms with Gasteiger partial charge in [0.1, 0.15) is 6.10 Å². The van der Waals surface area contributed by atoms with Crippen molar-refractivity contribution in [1.29, 1.82) is 0 Å². The number of benzene rings is 1. The summed E-state index contributed by atoms with van der Waals surface area (Å²) in [5.74, 6) is 0. The lowest BCUT2D eigenvalue weighted by atomic mass is 10.1. The Balaban J connectivity index is 2.35. The van der Waals surface area contributed by atoms with Crippen molar-refractivity contribution in [2.24, 2.45) is 0 Å². The van der Waals surface area contributed by atoms with Crippen LogP contribution in [0, 0.1) is 0 Å². The first-order chi connectivity index (χ1) is 8.63. The fourth-order valence-corrected chi connectivity index (χ4v) is 2.21. The second-order valence-corrected chi connectivity index (χ2v) is 4.90. The van der Waals surface area contributed by atoms with E-state index in [2.05, 4.69) is 5.10 Å². The van der Waals surface area contributed by atoms with Crippen LogP contribution in [0.15, 0.2) is 30.5 Å². The first kappa shape index (κ1) is 13.4. The van der Waals surface area contributed by atoms with Gasteiger partial charge in [-0.1, -0.05) is 42.3 Å². The van der Waals surface area contributed by atoms with E-state index in [-0.39, 0.29) is 0 Å². The Morgan fingerprint density at radius 3 is 2.56 bits per heavy atom. The molecule has 0 bridgehead atoms. The molecular formula is C13H14Cl2N2O. The summed E-state index contributed by atoms with van der Waals surface area (Å²) >= 11 is 11.9. The van der Waals surface area contributed by atoms with Gasteiger partial charge < -0.3 is 5.11 Å². The number of aliphatic hydroxyl groups excluding tert-OH is 1. The molecule has 0 saturated heterocycles. The number of hydrogen-bond donors (Lipinski definition) is 1. The number of rotatable bonds is 4. The molecule has 0 spiro atoms. The summed E-state index contributed by atoms with van der Waals surface area (Å²) in [6.45, 7) is 2.78. The lowest BCUT2D eigenvalue weighted by Crippen LogP contribution is -2.10. The van der Waals surface area contributed by atoms with Gasteiger partial charge in [-0.25, -0.2) is 0 Å². The van der Waals surface area contributed by atoms with Gasteiger partial charge in [-0.15, -0.1) is 0 Å². The van der Waals surface area contributed by atoms with Gasteiger partial charge in [0.2, 0.25) is 0 Å². The molecule has 0 aliphatic heterocycles. The molecule has 0 aliphatic rings. The zero-order valence-corrected chi connectivity index (χ0v) is 11.5. The van der Waals surface area contributed by atoms with E-state index in [4.69, 9.17) is 23.2 Å². The van der Waals surface area contributed by atoms with E-state index in [9.17, 15) is 5.11 Å². The van der Waals surface area contributed by atoms with Gasteiger partial charge in [-0.2, -0.15) is 5.10 Å². The zero-order chi connectivity index (χ0) is 13.1. The van der Waals surface area contributed by atoms with Gasteiger partial charge in [-0.05, 0) is 24.1 Å². The largest absolute Gasteiger partial charge is 0.382 e. The quantitative estimate of drug-likeness (QED) is 0.930. The zero-order valence-electron chi connectivity index (χ0n) is 9.98. The molecule has 3 nitrogen and oxygen atoms in total. The van der Waals surface area contributed by atoms with Crippen LogP contribution < -0.4 is 0 Å². The molecule has 0 amide bonds. The third kappa shape index (κ3) is 2.69. The summed E-state index contributed by atoms with van der Waals surface area (Å²) in [6.07, 6.45) is 1.70. The van der Waals surface area contributed by atoms with Gasteiger partial charge in [0.15, 0.2) is 0 Å². The number of halogens is 2. The van der Waals surface area contributed by atoms with Crippen LogP contribution in [0.1, 0.15) is 30.7 Å². The van der Waals surface area contributed by atoms with Crippen LogP contribution in [-0.4, -0.2) is 14.9 Å². The molecule has 1 N–H and O–H groups in total. The van der Waals surface area contributed by atoms with Crippen LogP contribution in [0.3, 0.4) is 0 Å². The molecular weight excluding hydrogens is 271 g/mol. The number of hydrogen-bond acceptors (Lipinski definition) is 2. The Morgan fingerprint density at radius 1 is 1.28 bits per heavy atom. The molecule has 5 heteroatoms. The first-order valence-corrected chi connectivity index (χ1v) is 6.53. The summed E-state index contributed by atoms with van der Waals surface area (Å²) in [4.78, 5) is 0. The van der Waals surface area contributed by atoms with E-state index >= 15 is 0 Å². The van der Waals surface area contributed by atoms with Crippen molar-refractivity contribution in [2.45, 2.75) is 26.0 Å². The molecule has 0 radical (unpaired) electrons. The number of nitrogens with zero attached hydrogens (tertiary/aromatic N) is 2. The Hall–Kier alpha value is -1.03. The molecule has 0 fully saturated rings. The van der Waals surface area contributed by atoms with E-state index < -0.39 is 6.10 Å². The van der Waals surface area contributed by atoms with Crippen molar-refractivity contribution < 1.29 is 5.11 Å². The van der Waals surface area contributed by atoms with Gasteiger partial charge in [-0.3, -0.25) is 4.68 Å². The first-order valence-electron chi connectivity index (χ1n) is 5.78. The standard InChI is InChI=1S/C13H14Cl2N2O/c1-2-7-17-12(11(15)8-16-17)13(18)9-3-5-10(14)6-4-9/h3-6,8,13,18H,2,7H2,1H3. The predicted molar refractivity (Wildman–Crippen MR) is 73.0 cm³/mol. The molecule has 1 heterocycles. The van der Waals surface area contributed by atoms with Crippen LogP contribution in [0.2, 0.25) is 10.0 Å². The minimum Gasteiger partial charge on any atom is -0.382 e. The molecule has 0 saturated carbocycles. The Kier molecular flexibility index (Phi) is 4.27. The average molecular weight is 285 g/mol. The second kappa shape index (κ2) is 5.74. The van der Waals surface area contributed by atoms with E-state index in [1.807, 2.05) is 6.92 Å². The maximum absolute atomic E-state index is 10.4. The monoisotopic (exact) mass is 284 g/mol. The van der Waals surface area contributed by atoms with E-state index in [1.54, 1.807) is 35.1 Å². The molecule has 2 rings (SSSR count). The van der Waals surface area contributed by atoms with Crippen LogP contribution in [0.25, 0.3) is 0 Å². The minimum absolute atomic E-state index is 0.478. The van der Waals surface area contributed by atoms with Gasteiger partial charge in [0.05, 0.1) is 16.9 Å². The summed E-state index contributed by atoms with van der Waals surface area (Å²) in [7, 11) is 0. The minimum atomic E-state index is -0.788. The smallest absolute Gasteiger partial charge is 0.122 e. The number of aliphatic hydroxyl groups is 1.